The fraction of sp³-hybridized carbons (Fsp3) is 0.364. The van der Waals surface area contributed by atoms with Crippen LogP contribution in [0.2, 0.25) is 0 Å². The maximum atomic E-state index is 9.43. The highest BCUT2D eigenvalue weighted by Gasteiger charge is 2.13. The number of ether oxygens (including phenoxy) is 1. The van der Waals surface area contributed by atoms with Crippen molar-refractivity contribution in [1.82, 2.24) is 9.38 Å². The minimum atomic E-state index is -0.428. The van der Waals surface area contributed by atoms with E-state index in [1.165, 1.54) is 0 Å². The van der Waals surface area contributed by atoms with E-state index in [1.54, 1.807) is 14.0 Å². The second-order valence-corrected chi connectivity index (χ2v) is 4.41. The molecule has 5 heteroatoms. The van der Waals surface area contributed by atoms with Gasteiger partial charge in [0.2, 0.25) is 0 Å². The number of aliphatic hydroxyl groups excluding tert-OH is 1. The molecule has 0 aliphatic rings. The van der Waals surface area contributed by atoms with E-state index in [-0.39, 0.29) is 0 Å². The van der Waals surface area contributed by atoms with Gasteiger partial charge in [0, 0.05) is 6.42 Å². The first kappa shape index (κ1) is 11.4. The number of methoxy groups -OCH3 is 1. The van der Waals surface area contributed by atoms with Crippen molar-refractivity contribution < 1.29 is 9.84 Å². The molecule has 0 saturated heterocycles. The Kier molecular flexibility index (Phi) is 3.16. The average molecular weight is 285 g/mol. The van der Waals surface area contributed by atoms with Gasteiger partial charge >= 0.3 is 0 Å². The highest BCUT2D eigenvalue weighted by molar-refractivity contribution is 9.10. The van der Waals surface area contributed by atoms with Crippen LogP contribution in [-0.2, 0) is 6.42 Å². The Morgan fingerprint density at radius 2 is 2.31 bits per heavy atom. The minimum Gasteiger partial charge on any atom is -0.482 e. The lowest BCUT2D eigenvalue weighted by Gasteiger charge is -2.08. The third-order valence-corrected chi connectivity index (χ3v) is 2.92. The van der Waals surface area contributed by atoms with Gasteiger partial charge in [0.15, 0.2) is 5.88 Å². The molecule has 0 aliphatic carbocycles. The quantitative estimate of drug-likeness (QED) is 0.938. The van der Waals surface area contributed by atoms with Crippen LogP contribution >= 0.6 is 15.9 Å². The van der Waals surface area contributed by atoms with Crippen molar-refractivity contribution >= 4 is 21.4 Å². The van der Waals surface area contributed by atoms with Crippen LogP contribution in [0.25, 0.3) is 5.52 Å². The first-order valence-electron chi connectivity index (χ1n) is 5.01. The van der Waals surface area contributed by atoms with E-state index in [2.05, 4.69) is 20.9 Å². The van der Waals surface area contributed by atoms with Crippen molar-refractivity contribution in [3.63, 3.8) is 0 Å². The number of rotatable bonds is 3. The predicted octanol–water partition coefficient (Wildman–Crippen LogP) is 2.03. The predicted molar refractivity (Wildman–Crippen MR) is 64.8 cm³/mol. The van der Waals surface area contributed by atoms with Crippen molar-refractivity contribution in [2.45, 2.75) is 19.4 Å². The smallest absolute Gasteiger partial charge is 0.199 e. The normalized spacial score (nSPS) is 13.0. The fourth-order valence-corrected chi connectivity index (χ4v) is 2.21. The Hall–Kier alpha value is -1.07. The number of hydrogen-bond donors (Lipinski definition) is 1. The third-order valence-electron chi connectivity index (χ3n) is 2.34. The monoisotopic (exact) mass is 284 g/mol. The maximum absolute atomic E-state index is 9.43. The van der Waals surface area contributed by atoms with Gasteiger partial charge < -0.3 is 9.84 Å². The summed E-state index contributed by atoms with van der Waals surface area (Å²) in [7, 11) is 1.62. The SMILES string of the molecule is COc1cccc2c(Br)nc(CC(C)O)n12. The first-order chi connectivity index (χ1) is 7.63. The first-order valence-corrected chi connectivity index (χ1v) is 5.80. The van der Waals surface area contributed by atoms with Crippen molar-refractivity contribution in [3.05, 3.63) is 28.6 Å². The fourth-order valence-electron chi connectivity index (χ4n) is 1.70. The van der Waals surface area contributed by atoms with Gasteiger partial charge in [-0.3, -0.25) is 4.40 Å². The van der Waals surface area contributed by atoms with Crippen LogP contribution in [0.5, 0.6) is 5.88 Å². The summed E-state index contributed by atoms with van der Waals surface area (Å²) in [5.74, 6) is 1.50. The van der Waals surface area contributed by atoms with Gasteiger partial charge in [-0.2, -0.15) is 0 Å². The largest absolute Gasteiger partial charge is 0.482 e. The van der Waals surface area contributed by atoms with Crippen LogP contribution in [0.1, 0.15) is 12.7 Å². The molecule has 1 N–H and O–H groups in total. The molecule has 0 aromatic carbocycles. The zero-order valence-corrected chi connectivity index (χ0v) is 10.7. The summed E-state index contributed by atoms with van der Waals surface area (Å²) in [6.07, 6.45) is 0.0649. The topological polar surface area (TPSA) is 46.8 Å². The highest BCUT2D eigenvalue weighted by atomic mass is 79.9. The van der Waals surface area contributed by atoms with Gasteiger partial charge in [-0.1, -0.05) is 6.07 Å². The van der Waals surface area contributed by atoms with E-state index in [0.717, 1.165) is 15.9 Å². The minimum absolute atomic E-state index is 0.428. The van der Waals surface area contributed by atoms with Crippen LogP contribution in [0.3, 0.4) is 0 Å². The molecule has 1 atom stereocenters. The van der Waals surface area contributed by atoms with Gasteiger partial charge in [-0.05, 0) is 35.0 Å². The van der Waals surface area contributed by atoms with E-state index in [1.807, 2.05) is 22.6 Å². The van der Waals surface area contributed by atoms with Crippen molar-refractivity contribution in [2.24, 2.45) is 0 Å². The number of nitrogens with zero attached hydrogens (tertiary/aromatic N) is 2. The zero-order chi connectivity index (χ0) is 11.7. The molecule has 0 amide bonds. The lowest BCUT2D eigenvalue weighted by Crippen LogP contribution is -2.08. The Morgan fingerprint density at radius 1 is 1.56 bits per heavy atom. The van der Waals surface area contributed by atoms with Gasteiger partial charge in [0.05, 0.1) is 18.7 Å². The summed E-state index contributed by atoms with van der Waals surface area (Å²) in [5, 5.41) is 9.43. The van der Waals surface area contributed by atoms with Crippen LogP contribution in [0.4, 0.5) is 0 Å². The van der Waals surface area contributed by atoms with Gasteiger partial charge in [0.1, 0.15) is 10.4 Å². The van der Waals surface area contributed by atoms with E-state index in [4.69, 9.17) is 4.74 Å². The molecule has 86 valence electrons. The van der Waals surface area contributed by atoms with Crippen molar-refractivity contribution in [2.75, 3.05) is 7.11 Å². The van der Waals surface area contributed by atoms with Crippen molar-refractivity contribution in [1.29, 1.82) is 0 Å². The number of hydrogen-bond acceptors (Lipinski definition) is 3. The van der Waals surface area contributed by atoms with E-state index >= 15 is 0 Å². The molecular weight excluding hydrogens is 272 g/mol. The zero-order valence-electron chi connectivity index (χ0n) is 9.14. The highest BCUT2D eigenvalue weighted by Crippen LogP contribution is 2.24. The van der Waals surface area contributed by atoms with Crippen molar-refractivity contribution in [3.8, 4) is 5.88 Å². The number of pyridine rings is 1. The summed E-state index contributed by atoms with van der Waals surface area (Å²) in [5.41, 5.74) is 0.940. The molecule has 0 saturated carbocycles. The standard InChI is InChI=1S/C11H13BrN2O2/c1-7(15)6-9-13-11(12)8-4-3-5-10(16-2)14(8)9/h3-5,7,15H,6H2,1-2H3. The number of aliphatic hydroxyl groups is 1. The molecule has 0 fully saturated rings. The van der Waals surface area contributed by atoms with Gasteiger partial charge in [0.25, 0.3) is 0 Å². The molecule has 1 unspecified atom stereocenters. The molecule has 4 nitrogen and oxygen atoms in total. The lowest BCUT2D eigenvalue weighted by atomic mass is 10.3. The number of halogens is 1. The molecule has 16 heavy (non-hydrogen) atoms. The summed E-state index contributed by atoms with van der Waals surface area (Å²) < 4.78 is 7.95. The molecule has 2 aromatic rings. The summed E-state index contributed by atoms with van der Waals surface area (Å²) in [6.45, 7) is 1.74. The molecule has 0 radical (unpaired) electrons. The number of imidazole rings is 1. The van der Waals surface area contributed by atoms with E-state index < -0.39 is 6.10 Å². The Bertz CT molecular complexity index is 508. The van der Waals surface area contributed by atoms with Crippen LogP contribution in [0.15, 0.2) is 22.8 Å². The van der Waals surface area contributed by atoms with E-state index in [0.29, 0.717) is 12.3 Å². The Balaban J connectivity index is 2.64. The van der Waals surface area contributed by atoms with Gasteiger partial charge in [-0.15, -0.1) is 0 Å². The lowest BCUT2D eigenvalue weighted by molar-refractivity contribution is 0.192. The van der Waals surface area contributed by atoms with E-state index in [9.17, 15) is 5.11 Å². The van der Waals surface area contributed by atoms with Crippen LogP contribution in [-0.4, -0.2) is 27.7 Å². The molecule has 0 aliphatic heterocycles. The maximum Gasteiger partial charge on any atom is 0.199 e. The average Bonchev–Trinajstić information content (AvgIpc) is 2.55. The second kappa shape index (κ2) is 4.43. The molecule has 2 aromatic heterocycles. The van der Waals surface area contributed by atoms with Crippen LogP contribution < -0.4 is 4.74 Å². The molecule has 2 rings (SSSR count). The summed E-state index contributed by atoms with van der Waals surface area (Å²) in [4.78, 5) is 4.38. The number of fused-ring (bicyclic) bond motifs is 1. The molecular formula is C11H13BrN2O2. The molecule has 0 spiro atoms. The molecule has 0 bridgehead atoms. The van der Waals surface area contributed by atoms with Crippen LogP contribution in [0, 0.1) is 0 Å². The third kappa shape index (κ3) is 1.92. The Morgan fingerprint density at radius 3 is 2.94 bits per heavy atom. The molecule has 2 heterocycles. The Labute approximate surface area is 102 Å². The number of aromatic nitrogens is 2. The summed E-state index contributed by atoms with van der Waals surface area (Å²) >= 11 is 3.40. The van der Waals surface area contributed by atoms with Gasteiger partial charge in [-0.25, -0.2) is 4.98 Å². The summed E-state index contributed by atoms with van der Waals surface area (Å²) in [6, 6.07) is 5.73. The second-order valence-electron chi connectivity index (χ2n) is 3.66.